The zero-order valence-electron chi connectivity index (χ0n) is 11.3. The van der Waals surface area contributed by atoms with E-state index in [4.69, 9.17) is 4.42 Å². The second kappa shape index (κ2) is 5.22. The summed E-state index contributed by atoms with van der Waals surface area (Å²) in [7, 11) is 0. The predicted octanol–water partition coefficient (Wildman–Crippen LogP) is 2.57. The van der Waals surface area contributed by atoms with Gasteiger partial charge in [0, 0.05) is 12.2 Å². The molecule has 0 aliphatic carbocycles. The van der Waals surface area contributed by atoms with Gasteiger partial charge in [-0.15, -0.1) is 0 Å². The second-order valence-electron chi connectivity index (χ2n) is 4.36. The first-order valence-electron chi connectivity index (χ1n) is 6.18. The molecule has 0 aliphatic rings. The highest BCUT2D eigenvalue weighted by Gasteiger charge is 2.22. The van der Waals surface area contributed by atoms with Crippen molar-refractivity contribution in [3.05, 3.63) is 41.1 Å². The number of aromatic nitrogens is 2. The first-order valence-corrected chi connectivity index (χ1v) is 6.18. The van der Waals surface area contributed by atoms with Gasteiger partial charge in [0.1, 0.15) is 0 Å². The maximum Gasteiger partial charge on any atom is 0.205 e. The lowest BCUT2D eigenvalue weighted by Crippen LogP contribution is -2.10. The molecule has 0 N–H and O–H groups in total. The molecular weight excluding hydrogens is 244 g/mol. The Morgan fingerprint density at radius 3 is 2.58 bits per heavy atom. The van der Waals surface area contributed by atoms with Gasteiger partial charge >= 0.3 is 0 Å². The van der Waals surface area contributed by atoms with Crippen LogP contribution >= 0.6 is 0 Å². The van der Waals surface area contributed by atoms with Crippen LogP contribution in [0.5, 0.6) is 0 Å². The molecule has 5 heteroatoms. The third kappa shape index (κ3) is 2.50. The summed E-state index contributed by atoms with van der Waals surface area (Å²) in [5.74, 6) is -0.305. The van der Waals surface area contributed by atoms with Gasteiger partial charge < -0.3 is 4.42 Å². The number of nitrogens with zero attached hydrogens (tertiary/aromatic N) is 2. The van der Waals surface area contributed by atoms with Gasteiger partial charge in [-0.25, -0.2) is 0 Å². The summed E-state index contributed by atoms with van der Waals surface area (Å²) < 4.78 is 6.76. The highest BCUT2D eigenvalue weighted by molar-refractivity contribution is 6.13. The standard InChI is InChI=1S/C14H16N2O3/c1-4-16-10(3)14(9(2)15-16)12(18)8-11(17)13-6-5-7-19-13/h5-7H,4,8H2,1-3H3. The fourth-order valence-electron chi connectivity index (χ4n) is 2.17. The van der Waals surface area contributed by atoms with Crippen LogP contribution < -0.4 is 0 Å². The van der Waals surface area contributed by atoms with E-state index in [1.165, 1.54) is 6.26 Å². The second-order valence-corrected chi connectivity index (χ2v) is 4.36. The Kier molecular flexibility index (Phi) is 3.64. The Morgan fingerprint density at radius 2 is 2.05 bits per heavy atom. The van der Waals surface area contributed by atoms with Crippen LogP contribution in [-0.2, 0) is 6.54 Å². The van der Waals surface area contributed by atoms with Crippen molar-refractivity contribution in [2.75, 3.05) is 0 Å². The van der Waals surface area contributed by atoms with Gasteiger partial charge in [-0.2, -0.15) is 5.10 Å². The first kappa shape index (κ1) is 13.3. The molecule has 0 saturated carbocycles. The van der Waals surface area contributed by atoms with Crippen LogP contribution in [0.4, 0.5) is 0 Å². The van der Waals surface area contributed by atoms with E-state index in [0.29, 0.717) is 17.8 Å². The van der Waals surface area contributed by atoms with E-state index in [-0.39, 0.29) is 23.7 Å². The van der Waals surface area contributed by atoms with Gasteiger partial charge in [0.05, 0.1) is 23.9 Å². The number of aryl methyl sites for hydroxylation is 2. The Bertz CT molecular complexity index is 609. The lowest BCUT2D eigenvalue weighted by molar-refractivity contribution is 0.0877. The van der Waals surface area contributed by atoms with Gasteiger partial charge in [-0.3, -0.25) is 14.3 Å². The van der Waals surface area contributed by atoms with E-state index in [1.807, 2.05) is 13.8 Å². The maximum atomic E-state index is 12.2. The summed E-state index contributed by atoms with van der Waals surface area (Å²) in [5.41, 5.74) is 2.01. The predicted molar refractivity (Wildman–Crippen MR) is 69.4 cm³/mol. The van der Waals surface area contributed by atoms with E-state index < -0.39 is 0 Å². The van der Waals surface area contributed by atoms with Gasteiger partial charge in [-0.1, -0.05) is 0 Å². The van der Waals surface area contributed by atoms with E-state index in [1.54, 1.807) is 23.7 Å². The fourth-order valence-corrected chi connectivity index (χ4v) is 2.17. The van der Waals surface area contributed by atoms with Crippen LogP contribution in [0.25, 0.3) is 0 Å². The number of Topliss-reactive ketones (excluding diaryl/α,β-unsaturated/α-hetero) is 2. The lowest BCUT2D eigenvalue weighted by Gasteiger charge is -2.01. The lowest BCUT2D eigenvalue weighted by atomic mass is 10.0. The van der Waals surface area contributed by atoms with Gasteiger partial charge in [0.25, 0.3) is 0 Å². The molecule has 5 nitrogen and oxygen atoms in total. The van der Waals surface area contributed by atoms with Gasteiger partial charge in [-0.05, 0) is 32.9 Å². The van der Waals surface area contributed by atoms with Crippen molar-refractivity contribution in [2.24, 2.45) is 0 Å². The van der Waals surface area contributed by atoms with Crippen molar-refractivity contribution >= 4 is 11.6 Å². The smallest absolute Gasteiger partial charge is 0.205 e. The molecular formula is C14H16N2O3. The molecule has 0 fully saturated rings. The number of carbonyl (C=O) groups excluding carboxylic acids is 2. The Hall–Kier alpha value is -2.17. The average molecular weight is 260 g/mol. The normalized spacial score (nSPS) is 10.7. The third-order valence-electron chi connectivity index (χ3n) is 3.08. The highest BCUT2D eigenvalue weighted by atomic mass is 16.3. The molecule has 0 saturated heterocycles. The Labute approximate surface area is 111 Å². The van der Waals surface area contributed by atoms with Crippen LogP contribution in [-0.4, -0.2) is 21.3 Å². The minimum absolute atomic E-state index is 0.190. The zero-order valence-corrected chi connectivity index (χ0v) is 11.3. The molecule has 0 aliphatic heterocycles. The molecule has 0 atom stereocenters. The molecule has 2 aromatic rings. The van der Waals surface area contributed by atoms with E-state index in [2.05, 4.69) is 5.10 Å². The molecule has 2 rings (SSSR count). The number of ketones is 2. The summed E-state index contributed by atoms with van der Waals surface area (Å²) in [6.07, 6.45) is 1.23. The van der Waals surface area contributed by atoms with Crippen molar-refractivity contribution in [1.82, 2.24) is 9.78 Å². The molecule has 0 spiro atoms. The minimum atomic E-state index is -0.307. The van der Waals surface area contributed by atoms with Crippen molar-refractivity contribution in [3.8, 4) is 0 Å². The molecule has 0 radical (unpaired) electrons. The van der Waals surface area contributed by atoms with E-state index in [0.717, 1.165) is 5.69 Å². The molecule has 100 valence electrons. The summed E-state index contributed by atoms with van der Waals surface area (Å²) in [6.45, 7) is 6.28. The number of hydrogen-bond donors (Lipinski definition) is 0. The molecule has 2 heterocycles. The average Bonchev–Trinajstić information content (AvgIpc) is 2.97. The minimum Gasteiger partial charge on any atom is -0.461 e. The largest absolute Gasteiger partial charge is 0.461 e. The summed E-state index contributed by atoms with van der Waals surface area (Å²) in [6, 6.07) is 3.19. The number of hydrogen-bond acceptors (Lipinski definition) is 4. The summed E-state index contributed by atoms with van der Waals surface area (Å²) in [4.78, 5) is 24.1. The SMILES string of the molecule is CCn1nc(C)c(C(=O)CC(=O)c2ccco2)c1C. The molecule has 2 aromatic heterocycles. The fraction of sp³-hybridized carbons (Fsp3) is 0.357. The maximum absolute atomic E-state index is 12.2. The van der Waals surface area contributed by atoms with Gasteiger partial charge in [0.15, 0.2) is 11.5 Å². The number of furan rings is 1. The van der Waals surface area contributed by atoms with Crippen molar-refractivity contribution < 1.29 is 14.0 Å². The van der Waals surface area contributed by atoms with Crippen LogP contribution in [0.1, 0.15) is 45.6 Å². The third-order valence-corrected chi connectivity index (χ3v) is 3.08. The molecule has 0 bridgehead atoms. The van der Waals surface area contributed by atoms with Crippen molar-refractivity contribution in [2.45, 2.75) is 33.7 Å². The van der Waals surface area contributed by atoms with Crippen LogP contribution in [0.15, 0.2) is 22.8 Å². The van der Waals surface area contributed by atoms with E-state index >= 15 is 0 Å². The van der Waals surface area contributed by atoms with Crippen molar-refractivity contribution in [3.63, 3.8) is 0 Å². The van der Waals surface area contributed by atoms with Crippen molar-refractivity contribution in [1.29, 1.82) is 0 Å². The summed E-state index contributed by atoms with van der Waals surface area (Å²) in [5, 5.41) is 4.28. The monoisotopic (exact) mass is 260 g/mol. The van der Waals surface area contributed by atoms with Gasteiger partial charge in [0.2, 0.25) is 5.78 Å². The summed E-state index contributed by atoms with van der Waals surface area (Å²) >= 11 is 0. The molecule has 0 aromatic carbocycles. The number of carbonyl (C=O) groups is 2. The Balaban J connectivity index is 2.21. The molecule has 19 heavy (non-hydrogen) atoms. The Morgan fingerprint density at radius 1 is 1.32 bits per heavy atom. The molecule has 0 unspecified atom stereocenters. The first-order chi connectivity index (χ1) is 9.04. The van der Waals surface area contributed by atoms with Crippen LogP contribution in [0.2, 0.25) is 0 Å². The van der Waals surface area contributed by atoms with Crippen LogP contribution in [0, 0.1) is 13.8 Å². The number of rotatable bonds is 5. The zero-order chi connectivity index (χ0) is 14.0. The highest BCUT2D eigenvalue weighted by Crippen LogP contribution is 2.17. The quantitative estimate of drug-likeness (QED) is 0.612. The van der Waals surface area contributed by atoms with Crippen LogP contribution in [0.3, 0.4) is 0 Å². The topological polar surface area (TPSA) is 65.1 Å². The van der Waals surface area contributed by atoms with E-state index in [9.17, 15) is 9.59 Å². The molecule has 0 amide bonds.